The first-order valence-corrected chi connectivity index (χ1v) is 2.97. The predicted molar refractivity (Wildman–Crippen MR) is 35.9 cm³/mol. The number of hydrogen-bond donors (Lipinski definition) is 0. The lowest BCUT2D eigenvalue weighted by Crippen LogP contribution is -1.55. The fraction of sp³-hybridized carbons (Fsp3) is 0.714. The van der Waals surface area contributed by atoms with E-state index < -0.39 is 0 Å². The monoisotopic (exact) mass is 114 g/mol. The molecule has 0 aromatic rings. The molecule has 8 heavy (non-hydrogen) atoms. The third-order valence-corrected chi connectivity index (χ3v) is 0.908. The second-order valence-corrected chi connectivity index (χ2v) is 1.81. The van der Waals surface area contributed by atoms with Gasteiger partial charge in [0.15, 0.2) is 0 Å². The molecule has 0 fully saturated rings. The maximum absolute atomic E-state index is 4.25. The standard InChI is InChI=1S/C5H8.C2H6O/c1-2-4-5-3-1;1-3-2/h1-2H,3-5H2;1-2H3. The second kappa shape index (κ2) is 6.70. The van der Waals surface area contributed by atoms with Crippen molar-refractivity contribution >= 4 is 0 Å². The fourth-order valence-corrected chi connectivity index (χ4v) is 0.589. The van der Waals surface area contributed by atoms with Crippen molar-refractivity contribution in [1.29, 1.82) is 0 Å². The summed E-state index contributed by atoms with van der Waals surface area (Å²) in [7, 11) is 3.25. The van der Waals surface area contributed by atoms with Gasteiger partial charge in [-0.1, -0.05) is 12.2 Å². The van der Waals surface area contributed by atoms with E-state index in [-0.39, 0.29) is 0 Å². The van der Waals surface area contributed by atoms with Gasteiger partial charge in [-0.15, -0.1) is 0 Å². The highest BCUT2D eigenvalue weighted by molar-refractivity contribution is 4.88. The molecule has 0 spiro atoms. The molecule has 0 saturated carbocycles. The first-order chi connectivity index (χ1) is 3.91. The van der Waals surface area contributed by atoms with Crippen LogP contribution in [0.3, 0.4) is 0 Å². The van der Waals surface area contributed by atoms with Crippen LogP contribution in [0.25, 0.3) is 0 Å². The Morgan fingerprint density at radius 2 is 1.50 bits per heavy atom. The first kappa shape index (κ1) is 7.70. The van der Waals surface area contributed by atoms with Crippen molar-refractivity contribution in [3.05, 3.63) is 12.2 Å². The van der Waals surface area contributed by atoms with Crippen molar-refractivity contribution < 1.29 is 4.74 Å². The number of allylic oxidation sites excluding steroid dienone is 2. The molecule has 1 rings (SSSR count). The van der Waals surface area contributed by atoms with Crippen LogP contribution >= 0.6 is 0 Å². The van der Waals surface area contributed by atoms with E-state index in [1.165, 1.54) is 19.3 Å². The molecule has 1 aliphatic rings. The average Bonchev–Trinajstić information content (AvgIpc) is 2.17. The molecule has 0 saturated heterocycles. The van der Waals surface area contributed by atoms with E-state index >= 15 is 0 Å². The molecule has 1 heteroatoms. The molecule has 0 amide bonds. The van der Waals surface area contributed by atoms with Gasteiger partial charge in [-0.3, -0.25) is 0 Å². The highest BCUT2D eigenvalue weighted by Gasteiger charge is 1.84. The van der Waals surface area contributed by atoms with Gasteiger partial charge in [-0.05, 0) is 19.3 Å². The van der Waals surface area contributed by atoms with E-state index in [4.69, 9.17) is 0 Å². The molecule has 0 aliphatic heterocycles. The minimum absolute atomic E-state index is 1.32. The summed E-state index contributed by atoms with van der Waals surface area (Å²) in [6.07, 6.45) is 8.50. The molecular weight excluding hydrogens is 100 g/mol. The first-order valence-electron chi connectivity index (χ1n) is 2.97. The molecule has 0 bridgehead atoms. The minimum atomic E-state index is 1.32. The number of rotatable bonds is 0. The van der Waals surface area contributed by atoms with Gasteiger partial charge >= 0.3 is 0 Å². The summed E-state index contributed by atoms with van der Waals surface area (Å²) in [4.78, 5) is 0. The summed E-state index contributed by atoms with van der Waals surface area (Å²) < 4.78 is 4.25. The van der Waals surface area contributed by atoms with E-state index in [1.807, 2.05) is 0 Å². The zero-order chi connectivity index (χ0) is 6.24. The van der Waals surface area contributed by atoms with Crippen LogP contribution < -0.4 is 0 Å². The van der Waals surface area contributed by atoms with Crippen LogP contribution in [0.15, 0.2) is 12.2 Å². The Kier molecular flexibility index (Phi) is 6.45. The van der Waals surface area contributed by atoms with Crippen LogP contribution in [0.4, 0.5) is 0 Å². The molecule has 0 radical (unpaired) electrons. The zero-order valence-corrected chi connectivity index (χ0v) is 5.68. The van der Waals surface area contributed by atoms with Crippen molar-refractivity contribution in [3.63, 3.8) is 0 Å². The van der Waals surface area contributed by atoms with Crippen LogP contribution in [0, 0.1) is 0 Å². The van der Waals surface area contributed by atoms with Gasteiger partial charge in [0.25, 0.3) is 0 Å². The number of ether oxygens (including phenoxy) is 1. The second-order valence-electron chi connectivity index (χ2n) is 1.81. The lowest BCUT2D eigenvalue weighted by atomic mass is 10.4. The van der Waals surface area contributed by atoms with Gasteiger partial charge in [-0.25, -0.2) is 0 Å². The van der Waals surface area contributed by atoms with Crippen molar-refractivity contribution in [2.24, 2.45) is 0 Å². The lowest BCUT2D eigenvalue weighted by molar-refractivity contribution is 0.277. The summed E-state index contributed by atoms with van der Waals surface area (Å²) in [5.74, 6) is 0. The largest absolute Gasteiger partial charge is 0.388 e. The van der Waals surface area contributed by atoms with Crippen molar-refractivity contribution in [2.75, 3.05) is 14.2 Å². The molecule has 0 atom stereocenters. The third-order valence-electron chi connectivity index (χ3n) is 0.908. The van der Waals surface area contributed by atoms with Crippen LogP contribution in [0.5, 0.6) is 0 Å². The van der Waals surface area contributed by atoms with E-state index in [0.29, 0.717) is 0 Å². The maximum Gasteiger partial charge on any atom is 0.0351 e. The normalized spacial score (nSPS) is 15.2. The van der Waals surface area contributed by atoms with E-state index in [0.717, 1.165) is 0 Å². The highest BCUT2D eigenvalue weighted by Crippen LogP contribution is 2.05. The van der Waals surface area contributed by atoms with Crippen LogP contribution in [-0.4, -0.2) is 14.2 Å². The maximum atomic E-state index is 4.25. The van der Waals surface area contributed by atoms with E-state index in [2.05, 4.69) is 16.9 Å². The average molecular weight is 114 g/mol. The number of hydrogen-bond acceptors (Lipinski definition) is 1. The Hall–Kier alpha value is -0.300. The topological polar surface area (TPSA) is 9.23 Å². The summed E-state index contributed by atoms with van der Waals surface area (Å²) >= 11 is 0. The molecule has 48 valence electrons. The Bertz CT molecular complexity index is 51.4. The Labute approximate surface area is 51.4 Å². The van der Waals surface area contributed by atoms with Gasteiger partial charge in [-0.2, -0.15) is 0 Å². The molecule has 1 aliphatic carbocycles. The lowest BCUT2D eigenvalue weighted by Gasteiger charge is -1.69. The molecule has 0 aromatic carbocycles. The molecule has 0 N–H and O–H groups in total. The summed E-state index contributed by atoms with van der Waals surface area (Å²) in [6, 6.07) is 0. The summed E-state index contributed by atoms with van der Waals surface area (Å²) in [6.45, 7) is 0. The minimum Gasteiger partial charge on any atom is -0.388 e. The van der Waals surface area contributed by atoms with Gasteiger partial charge in [0.1, 0.15) is 0 Å². The molecular formula is C7H14O. The summed E-state index contributed by atoms with van der Waals surface area (Å²) in [5, 5.41) is 0. The van der Waals surface area contributed by atoms with Crippen LogP contribution in [-0.2, 0) is 4.74 Å². The third kappa shape index (κ3) is 5.70. The number of methoxy groups -OCH3 is 1. The quantitative estimate of drug-likeness (QED) is 0.437. The Morgan fingerprint density at radius 1 is 1.12 bits per heavy atom. The van der Waals surface area contributed by atoms with E-state index in [1.54, 1.807) is 14.2 Å². The van der Waals surface area contributed by atoms with Gasteiger partial charge in [0.05, 0.1) is 0 Å². The van der Waals surface area contributed by atoms with Crippen LogP contribution in [0.2, 0.25) is 0 Å². The smallest absolute Gasteiger partial charge is 0.0351 e. The Balaban J connectivity index is 0.000000145. The van der Waals surface area contributed by atoms with Gasteiger partial charge < -0.3 is 4.74 Å². The molecule has 0 heterocycles. The van der Waals surface area contributed by atoms with Crippen molar-refractivity contribution in [1.82, 2.24) is 0 Å². The van der Waals surface area contributed by atoms with Crippen molar-refractivity contribution in [3.8, 4) is 0 Å². The fourth-order valence-electron chi connectivity index (χ4n) is 0.589. The van der Waals surface area contributed by atoms with Crippen LogP contribution in [0.1, 0.15) is 19.3 Å². The Morgan fingerprint density at radius 3 is 1.62 bits per heavy atom. The van der Waals surface area contributed by atoms with Gasteiger partial charge in [0.2, 0.25) is 0 Å². The summed E-state index contributed by atoms with van der Waals surface area (Å²) in [5.41, 5.74) is 0. The van der Waals surface area contributed by atoms with E-state index in [9.17, 15) is 0 Å². The van der Waals surface area contributed by atoms with Crippen molar-refractivity contribution in [2.45, 2.75) is 19.3 Å². The predicted octanol–water partition coefficient (Wildman–Crippen LogP) is 1.99. The molecule has 0 unspecified atom stereocenters. The highest BCUT2D eigenvalue weighted by atomic mass is 16.4. The molecule has 0 aromatic heterocycles. The zero-order valence-electron chi connectivity index (χ0n) is 5.68. The SMILES string of the molecule is C1=CCCC1.COC. The van der Waals surface area contributed by atoms with Gasteiger partial charge in [0, 0.05) is 14.2 Å². The molecule has 1 nitrogen and oxygen atoms in total.